The van der Waals surface area contributed by atoms with Gasteiger partial charge in [-0.1, -0.05) is 13.0 Å². The van der Waals surface area contributed by atoms with E-state index in [0.717, 1.165) is 16.6 Å². The number of halogens is 3. The van der Waals surface area contributed by atoms with Crippen molar-refractivity contribution in [3.63, 3.8) is 0 Å². The third-order valence-corrected chi connectivity index (χ3v) is 5.46. The highest BCUT2D eigenvalue weighted by atomic mass is 79.9. The summed E-state index contributed by atoms with van der Waals surface area (Å²) >= 11 is 8.50. The highest BCUT2D eigenvalue weighted by molar-refractivity contribution is 9.10. The predicted molar refractivity (Wildman–Crippen MR) is 86.4 cm³/mol. The first-order valence-corrected chi connectivity index (χ1v) is 8.37. The SMILES string of the molecule is CCNC(c1ccc(Br)c(F)c1)c1sc(C)cc1Br. The Kier molecular flexibility index (Phi) is 5.17. The minimum atomic E-state index is -0.232. The lowest BCUT2D eigenvalue weighted by Gasteiger charge is -2.18. The summed E-state index contributed by atoms with van der Waals surface area (Å²) in [5.74, 6) is -0.232. The van der Waals surface area contributed by atoms with Crippen LogP contribution in [-0.2, 0) is 0 Å². The molecule has 1 N–H and O–H groups in total. The molecule has 2 rings (SSSR count). The van der Waals surface area contributed by atoms with Gasteiger partial charge in [0.05, 0.1) is 10.5 Å². The molecular weight excluding hydrogens is 393 g/mol. The molecule has 19 heavy (non-hydrogen) atoms. The molecule has 0 spiro atoms. The van der Waals surface area contributed by atoms with E-state index in [2.05, 4.69) is 57.1 Å². The molecule has 102 valence electrons. The Morgan fingerprint density at radius 3 is 2.53 bits per heavy atom. The van der Waals surface area contributed by atoms with Gasteiger partial charge in [-0.3, -0.25) is 0 Å². The second-order valence-electron chi connectivity index (χ2n) is 4.23. The van der Waals surface area contributed by atoms with E-state index < -0.39 is 0 Å². The second kappa shape index (κ2) is 6.48. The van der Waals surface area contributed by atoms with Crippen LogP contribution in [0.2, 0.25) is 0 Å². The molecule has 1 atom stereocenters. The Bertz CT molecular complexity index is 583. The summed E-state index contributed by atoms with van der Waals surface area (Å²) in [4.78, 5) is 2.42. The monoisotopic (exact) mass is 405 g/mol. The maximum atomic E-state index is 13.7. The quantitative estimate of drug-likeness (QED) is 0.714. The molecule has 0 fully saturated rings. The average molecular weight is 407 g/mol. The van der Waals surface area contributed by atoms with Crippen molar-refractivity contribution in [1.82, 2.24) is 5.32 Å². The average Bonchev–Trinajstić information content (AvgIpc) is 2.69. The summed E-state index contributed by atoms with van der Waals surface area (Å²) < 4.78 is 15.3. The molecule has 1 unspecified atom stereocenters. The molecule has 1 aromatic carbocycles. The van der Waals surface area contributed by atoms with Crippen LogP contribution in [0.15, 0.2) is 33.2 Å². The number of aryl methyl sites for hydroxylation is 1. The Balaban J connectivity index is 2.44. The van der Waals surface area contributed by atoms with Gasteiger partial charge in [-0.2, -0.15) is 0 Å². The maximum absolute atomic E-state index is 13.7. The third kappa shape index (κ3) is 3.45. The second-order valence-corrected chi connectivity index (χ2v) is 7.23. The van der Waals surface area contributed by atoms with Gasteiger partial charge in [-0.05, 0) is 69.1 Å². The smallest absolute Gasteiger partial charge is 0.137 e. The predicted octanol–water partition coefficient (Wildman–Crippen LogP) is 5.42. The van der Waals surface area contributed by atoms with E-state index in [9.17, 15) is 4.39 Å². The maximum Gasteiger partial charge on any atom is 0.137 e. The van der Waals surface area contributed by atoms with Gasteiger partial charge < -0.3 is 5.32 Å². The van der Waals surface area contributed by atoms with Gasteiger partial charge in [-0.15, -0.1) is 11.3 Å². The van der Waals surface area contributed by atoms with Crippen molar-refractivity contribution in [2.45, 2.75) is 19.9 Å². The molecule has 1 nitrogen and oxygen atoms in total. The van der Waals surface area contributed by atoms with E-state index in [4.69, 9.17) is 0 Å². The Hall–Kier alpha value is -0.230. The van der Waals surface area contributed by atoms with E-state index >= 15 is 0 Å². The summed E-state index contributed by atoms with van der Waals surface area (Å²) in [6, 6.07) is 7.39. The van der Waals surface area contributed by atoms with E-state index in [0.29, 0.717) is 4.47 Å². The molecule has 0 bridgehead atoms. The van der Waals surface area contributed by atoms with Crippen LogP contribution in [-0.4, -0.2) is 6.54 Å². The summed E-state index contributed by atoms with van der Waals surface area (Å²) in [5.41, 5.74) is 0.935. The molecule has 0 radical (unpaired) electrons. The molecule has 0 aliphatic rings. The van der Waals surface area contributed by atoms with Crippen molar-refractivity contribution in [1.29, 1.82) is 0 Å². The van der Waals surface area contributed by atoms with Gasteiger partial charge in [0.2, 0.25) is 0 Å². The van der Waals surface area contributed by atoms with Crippen molar-refractivity contribution in [3.8, 4) is 0 Å². The Morgan fingerprint density at radius 2 is 2.00 bits per heavy atom. The van der Waals surface area contributed by atoms with Crippen molar-refractivity contribution in [2.24, 2.45) is 0 Å². The van der Waals surface area contributed by atoms with Crippen LogP contribution in [0, 0.1) is 12.7 Å². The normalized spacial score (nSPS) is 12.7. The van der Waals surface area contributed by atoms with Crippen LogP contribution in [0.4, 0.5) is 4.39 Å². The van der Waals surface area contributed by atoms with Crippen molar-refractivity contribution in [2.75, 3.05) is 6.54 Å². The number of nitrogens with one attached hydrogen (secondary N) is 1. The largest absolute Gasteiger partial charge is 0.306 e. The van der Waals surface area contributed by atoms with Gasteiger partial charge in [0.1, 0.15) is 5.82 Å². The number of rotatable bonds is 4. The van der Waals surface area contributed by atoms with Crippen molar-refractivity contribution < 1.29 is 4.39 Å². The summed E-state index contributed by atoms with van der Waals surface area (Å²) in [6.45, 7) is 4.95. The first-order valence-electron chi connectivity index (χ1n) is 5.97. The molecule has 5 heteroatoms. The zero-order valence-electron chi connectivity index (χ0n) is 10.6. The standard InChI is InChI=1S/C14H14Br2FNS/c1-3-18-13(14-11(16)6-8(2)19-14)9-4-5-10(15)12(17)7-9/h4-7,13,18H,3H2,1-2H3. The van der Waals surface area contributed by atoms with Crippen LogP contribution in [0.1, 0.15) is 28.3 Å². The zero-order chi connectivity index (χ0) is 14.0. The highest BCUT2D eigenvalue weighted by Gasteiger charge is 2.19. The first kappa shape index (κ1) is 15.2. The van der Waals surface area contributed by atoms with Gasteiger partial charge in [0.25, 0.3) is 0 Å². The summed E-state index contributed by atoms with van der Waals surface area (Å²) in [6.07, 6.45) is 0. The molecule has 0 aliphatic heterocycles. The fourth-order valence-electron chi connectivity index (χ4n) is 1.96. The molecule has 2 aromatic rings. The number of thiophene rings is 1. The zero-order valence-corrected chi connectivity index (χ0v) is 14.6. The molecule has 0 saturated carbocycles. The molecule has 0 saturated heterocycles. The van der Waals surface area contributed by atoms with Gasteiger partial charge in [0, 0.05) is 14.2 Å². The summed E-state index contributed by atoms with van der Waals surface area (Å²) in [7, 11) is 0. The lowest BCUT2D eigenvalue weighted by Crippen LogP contribution is -2.21. The summed E-state index contributed by atoms with van der Waals surface area (Å²) in [5, 5.41) is 3.41. The van der Waals surface area contributed by atoms with Gasteiger partial charge in [0.15, 0.2) is 0 Å². The van der Waals surface area contributed by atoms with Gasteiger partial charge >= 0.3 is 0 Å². The van der Waals surface area contributed by atoms with Crippen molar-refractivity contribution in [3.05, 3.63) is 54.3 Å². The molecule has 1 aromatic heterocycles. The van der Waals surface area contributed by atoms with Gasteiger partial charge in [-0.25, -0.2) is 4.39 Å². The van der Waals surface area contributed by atoms with E-state index in [1.165, 1.54) is 9.75 Å². The number of hydrogen-bond acceptors (Lipinski definition) is 2. The minimum absolute atomic E-state index is 0.0145. The molecule has 0 aliphatic carbocycles. The Morgan fingerprint density at radius 1 is 1.26 bits per heavy atom. The Labute approximate surface area is 133 Å². The number of hydrogen-bond donors (Lipinski definition) is 1. The first-order chi connectivity index (χ1) is 9.02. The fraction of sp³-hybridized carbons (Fsp3) is 0.286. The van der Waals surface area contributed by atoms with Crippen LogP contribution in [0.5, 0.6) is 0 Å². The van der Waals surface area contributed by atoms with Crippen LogP contribution < -0.4 is 5.32 Å². The lowest BCUT2D eigenvalue weighted by molar-refractivity contribution is 0.601. The topological polar surface area (TPSA) is 12.0 Å². The van der Waals surface area contributed by atoms with Crippen molar-refractivity contribution >= 4 is 43.2 Å². The third-order valence-electron chi connectivity index (χ3n) is 2.78. The molecular formula is C14H14Br2FNS. The molecule has 0 amide bonds. The van der Waals surface area contributed by atoms with E-state index in [-0.39, 0.29) is 11.9 Å². The molecule has 1 heterocycles. The number of benzene rings is 1. The van der Waals surface area contributed by atoms with E-state index in [1.54, 1.807) is 23.5 Å². The van der Waals surface area contributed by atoms with E-state index in [1.807, 2.05) is 6.07 Å². The fourth-order valence-corrected chi connectivity index (χ4v) is 4.19. The minimum Gasteiger partial charge on any atom is -0.306 e. The lowest BCUT2D eigenvalue weighted by atomic mass is 10.1. The van der Waals surface area contributed by atoms with Crippen LogP contribution in [0.25, 0.3) is 0 Å². The highest BCUT2D eigenvalue weighted by Crippen LogP contribution is 2.36. The van der Waals surface area contributed by atoms with Crippen LogP contribution in [0.3, 0.4) is 0 Å². The van der Waals surface area contributed by atoms with Crippen LogP contribution >= 0.6 is 43.2 Å².